The van der Waals surface area contributed by atoms with Gasteiger partial charge in [0.25, 0.3) is 0 Å². The summed E-state index contributed by atoms with van der Waals surface area (Å²) in [7, 11) is 0. The third-order valence-corrected chi connectivity index (χ3v) is 3.21. The number of nitrogen functional groups attached to an aromatic ring is 1. The maximum Gasteiger partial charge on any atom is 0.142 e. The summed E-state index contributed by atoms with van der Waals surface area (Å²) in [5.41, 5.74) is 9.49. The van der Waals surface area contributed by atoms with Crippen molar-refractivity contribution in [2.75, 3.05) is 24.3 Å². The molecule has 3 nitrogen and oxygen atoms in total. The monoisotopic (exact) mass is 314 g/mol. The van der Waals surface area contributed by atoms with E-state index in [1.165, 1.54) is 0 Å². The van der Waals surface area contributed by atoms with Crippen LogP contribution in [0.4, 0.5) is 15.8 Å². The first-order valence-corrected chi connectivity index (χ1v) is 7.71. The van der Waals surface area contributed by atoms with Gasteiger partial charge in [0.15, 0.2) is 0 Å². The molecule has 122 valence electrons. The van der Waals surface area contributed by atoms with Crippen molar-refractivity contribution in [3.63, 3.8) is 0 Å². The van der Waals surface area contributed by atoms with Gasteiger partial charge in [-0.2, -0.15) is 0 Å². The third kappa shape index (κ3) is 5.33. The number of nitrogens with two attached hydrogens (primary N) is 1. The van der Waals surface area contributed by atoms with Crippen LogP contribution in [0.1, 0.15) is 25.0 Å². The minimum absolute atomic E-state index is 0.0156. The number of rotatable bonds is 7. The van der Waals surface area contributed by atoms with E-state index >= 15 is 0 Å². The van der Waals surface area contributed by atoms with E-state index in [0.29, 0.717) is 17.5 Å². The lowest BCUT2D eigenvalue weighted by Gasteiger charge is -2.09. The maximum atomic E-state index is 12.2. The number of hydrogen-bond donors (Lipinski definition) is 2. The highest BCUT2D eigenvalue weighted by atomic mass is 19.1. The molecule has 0 saturated heterocycles. The second-order valence-corrected chi connectivity index (χ2v) is 5.59. The molecule has 0 aliphatic heterocycles. The van der Waals surface area contributed by atoms with Gasteiger partial charge in [-0.15, -0.1) is 0 Å². The summed E-state index contributed by atoms with van der Waals surface area (Å²) < 4.78 is 17.5. The topological polar surface area (TPSA) is 47.3 Å². The Morgan fingerprint density at radius 2 is 1.74 bits per heavy atom. The van der Waals surface area contributed by atoms with Crippen LogP contribution in [-0.4, -0.2) is 19.3 Å². The average Bonchev–Trinajstić information content (AvgIpc) is 2.53. The lowest BCUT2D eigenvalue weighted by Crippen LogP contribution is -2.09. The molecule has 4 heteroatoms. The number of ether oxygens (including phenoxy) is 1. The molecule has 0 atom stereocenters. The minimum atomic E-state index is -0.531. The summed E-state index contributed by atoms with van der Waals surface area (Å²) in [6.07, 6.45) is 4.00. The minimum Gasteiger partial charge on any atom is -0.489 e. The molecule has 0 amide bonds. The Hall–Kier alpha value is -2.49. The Bertz CT molecular complexity index is 651. The smallest absolute Gasteiger partial charge is 0.142 e. The fourth-order valence-corrected chi connectivity index (χ4v) is 2.14. The van der Waals surface area contributed by atoms with Crippen molar-refractivity contribution in [1.82, 2.24) is 0 Å². The van der Waals surface area contributed by atoms with Crippen molar-refractivity contribution in [1.29, 1.82) is 0 Å². The molecule has 2 aromatic carbocycles. The molecule has 3 N–H and O–H groups in total. The van der Waals surface area contributed by atoms with Crippen molar-refractivity contribution in [3.05, 3.63) is 53.6 Å². The summed E-state index contributed by atoms with van der Waals surface area (Å²) in [4.78, 5) is 0. The lowest BCUT2D eigenvalue weighted by molar-refractivity contribution is 0.274. The Morgan fingerprint density at radius 1 is 1.09 bits per heavy atom. The van der Waals surface area contributed by atoms with Gasteiger partial charge in [-0.05, 0) is 49.2 Å². The lowest BCUT2D eigenvalue weighted by atomic mass is 10.1. The second kappa shape index (κ2) is 8.22. The van der Waals surface area contributed by atoms with Crippen LogP contribution in [0.2, 0.25) is 0 Å². The first-order chi connectivity index (χ1) is 11.1. The SMILES string of the molecule is CC(C)Nc1ccc(C=Cc2ccc(N)c(OCCF)c2)cc1. The van der Waals surface area contributed by atoms with Gasteiger partial charge in [0.1, 0.15) is 19.0 Å². The van der Waals surface area contributed by atoms with Crippen LogP contribution in [0.3, 0.4) is 0 Å². The number of benzene rings is 2. The zero-order valence-corrected chi connectivity index (χ0v) is 13.6. The number of alkyl halides is 1. The van der Waals surface area contributed by atoms with Crippen LogP contribution in [-0.2, 0) is 0 Å². The van der Waals surface area contributed by atoms with E-state index in [1.807, 2.05) is 24.3 Å². The number of anilines is 2. The summed E-state index contributed by atoms with van der Waals surface area (Å²) in [6, 6.07) is 14.1. The Labute approximate surface area is 137 Å². The van der Waals surface area contributed by atoms with E-state index in [9.17, 15) is 4.39 Å². The Kier molecular flexibility index (Phi) is 6.03. The fraction of sp³-hybridized carbons (Fsp3) is 0.263. The molecule has 0 heterocycles. The van der Waals surface area contributed by atoms with Gasteiger partial charge in [-0.1, -0.05) is 30.4 Å². The summed E-state index contributed by atoms with van der Waals surface area (Å²) in [5, 5.41) is 3.35. The zero-order valence-electron chi connectivity index (χ0n) is 13.6. The molecular weight excluding hydrogens is 291 g/mol. The van der Waals surface area contributed by atoms with Crippen LogP contribution in [0.5, 0.6) is 5.75 Å². The fourth-order valence-electron chi connectivity index (χ4n) is 2.14. The quantitative estimate of drug-likeness (QED) is 0.579. The standard InChI is InChI=1S/C19H23FN2O/c1-14(2)22-17-8-5-15(6-9-17)3-4-16-7-10-18(21)19(13-16)23-12-11-20/h3-10,13-14,22H,11-12,21H2,1-2H3. The van der Waals surface area contributed by atoms with E-state index in [1.54, 1.807) is 6.07 Å². The van der Waals surface area contributed by atoms with Crippen LogP contribution >= 0.6 is 0 Å². The highest BCUT2D eigenvalue weighted by Crippen LogP contribution is 2.24. The van der Waals surface area contributed by atoms with Gasteiger partial charge < -0.3 is 15.8 Å². The Balaban J connectivity index is 2.07. The van der Waals surface area contributed by atoms with E-state index < -0.39 is 6.67 Å². The molecule has 0 spiro atoms. The van der Waals surface area contributed by atoms with Crippen LogP contribution < -0.4 is 15.8 Å². The highest BCUT2D eigenvalue weighted by molar-refractivity contribution is 5.72. The van der Waals surface area contributed by atoms with E-state index in [4.69, 9.17) is 10.5 Å². The molecule has 0 radical (unpaired) electrons. The average molecular weight is 314 g/mol. The first-order valence-electron chi connectivity index (χ1n) is 7.71. The summed E-state index contributed by atoms with van der Waals surface area (Å²) in [6.45, 7) is 3.70. The second-order valence-electron chi connectivity index (χ2n) is 5.59. The molecule has 0 aliphatic carbocycles. The maximum absolute atomic E-state index is 12.2. The van der Waals surface area contributed by atoms with Crippen molar-refractivity contribution in [2.45, 2.75) is 19.9 Å². The molecule has 0 saturated carbocycles. The Morgan fingerprint density at radius 3 is 2.39 bits per heavy atom. The van der Waals surface area contributed by atoms with Gasteiger partial charge >= 0.3 is 0 Å². The normalized spacial score (nSPS) is 11.1. The van der Waals surface area contributed by atoms with Crippen molar-refractivity contribution >= 4 is 23.5 Å². The molecule has 2 aromatic rings. The molecule has 2 rings (SSSR count). The van der Waals surface area contributed by atoms with Crippen LogP contribution in [0, 0.1) is 0 Å². The molecule has 0 aromatic heterocycles. The van der Waals surface area contributed by atoms with Gasteiger partial charge in [-0.25, -0.2) is 4.39 Å². The van der Waals surface area contributed by atoms with E-state index in [0.717, 1.165) is 16.8 Å². The van der Waals surface area contributed by atoms with Crippen LogP contribution in [0.15, 0.2) is 42.5 Å². The van der Waals surface area contributed by atoms with Gasteiger partial charge in [-0.3, -0.25) is 0 Å². The van der Waals surface area contributed by atoms with Crippen molar-refractivity contribution in [3.8, 4) is 5.75 Å². The van der Waals surface area contributed by atoms with Crippen molar-refractivity contribution < 1.29 is 9.13 Å². The zero-order chi connectivity index (χ0) is 16.7. The van der Waals surface area contributed by atoms with Gasteiger partial charge in [0, 0.05) is 11.7 Å². The summed E-state index contributed by atoms with van der Waals surface area (Å²) >= 11 is 0. The highest BCUT2D eigenvalue weighted by Gasteiger charge is 2.01. The molecule has 0 fully saturated rings. The van der Waals surface area contributed by atoms with Crippen molar-refractivity contribution in [2.24, 2.45) is 0 Å². The molecule has 0 unspecified atom stereocenters. The molecule has 23 heavy (non-hydrogen) atoms. The molecular formula is C19H23FN2O. The largest absolute Gasteiger partial charge is 0.489 e. The van der Waals surface area contributed by atoms with Gasteiger partial charge in [0.05, 0.1) is 5.69 Å². The third-order valence-electron chi connectivity index (χ3n) is 3.21. The van der Waals surface area contributed by atoms with E-state index in [2.05, 4.69) is 43.4 Å². The number of nitrogens with one attached hydrogen (secondary N) is 1. The summed E-state index contributed by atoms with van der Waals surface area (Å²) in [5.74, 6) is 0.515. The molecule has 0 aliphatic rings. The van der Waals surface area contributed by atoms with Crippen LogP contribution in [0.25, 0.3) is 12.2 Å². The predicted octanol–water partition coefficient (Wildman–Crippen LogP) is 4.61. The first kappa shape index (κ1) is 16.9. The number of hydrogen-bond acceptors (Lipinski definition) is 3. The van der Waals surface area contributed by atoms with Gasteiger partial charge in [0.2, 0.25) is 0 Å². The molecule has 0 bridgehead atoms. The predicted molar refractivity (Wildman–Crippen MR) is 96.5 cm³/mol. The van der Waals surface area contributed by atoms with E-state index in [-0.39, 0.29) is 6.61 Å². The number of halogens is 1.